The predicted molar refractivity (Wildman–Crippen MR) is 158 cm³/mol. The van der Waals surface area contributed by atoms with E-state index in [9.17, 15) is 4.79 Å². The van der Waals surface area contributed by atoms with Crippen molar-refractivity contribution in [1.82, 2.24) is 14.5 Å². The summed E-state index contributed by atoms with van der Waals surface area (Å²) < 4.78 is 8.97. The van der Waals surface area contributed by atoms with Crippen LogP contribution in [0.25, 0.3) is 11.0 Å². The molecule has 208 valence electrons. The summed E-state index contributed by atoms with van der Waals surface area (Å²) in [7, 11) is 0. The molecule has 2 aliphatic rings. The minimum atomic E-state index is -0.421. The van der Waals surface area contributed by atoms with Crippen LogP contribution in [-0.2, 0) is 15.1 Å². The van der Waals surface area contributed by atoms with Gasteiger partial charge in [0.15, 0.2) is 0 Å². The molecule has 0 spiro atoms. The van der Waals surface area contributed by atoms with Crippen LogP contribution in [0.5, 0.6) is 0 Å². The van der Waals surface area contributed by atoms with E-state index in [0.717, 1.165) is 36.5 Å². The van der Waals surface area contributed by atoms with Crippen molar-refractivity contribution in [3.8, 4) is 0 Å². The molecule has 3 aromatic rings. The van der Waals surface area contributed by atoms with E-state index >= 15 is 0 Å². The molecular weight excluding hydrogens is 484 g/mol. The number of hydrogen-bond donors (Lipinski definition) is 0. The third kappa shape index (κ3) is 6.11. The normalized spacial score (nSPS) is 21.4. The number of rotatable bonds is 9. The number of nitrogens with zero attached hydrogens (tertiary/aromatic N) is 4. The zero-order valence-corrected chi connectivity index (χ0v) is 24.1. The standard InChI is InChI=1S/C33H44N4O2/c1-25-35-29-15-8-9-16-30(29)37(25)28(23-26-11-10-12-26)17-20-34-21-18-33(27-13-6-5-7-14-27)19-22-36(24-39-33)31(38)32(2,3)4/h5-9,13-16,20,26,28H,10-12,17-19,21-24H2,1-4H3. The second kappa shape index (κ2) is 11.6. The number of amides is 1. The zero-order valence-electron chi connectivity index (χ0n) is 24.1. The van der Waals surface area contributed by atoms with E-state index in [1.807, 2.05) is 31.7 Å². The second-order valence-electron chi connectivity index (χ2n) is 12.5. The number of ether oxygens (including phenoxy) is 1. The average Bonchev–Trinajstić information content (AvgIpc) is 3.24. The molecule has 1 aromatic heterocycles. The molecule has 1 aliphatic heterocycles. The number of carbonyl (C=O) groups is 1. The lowest BCUT2D eigenvalue weighted by Gasteiger charge is -2.43. The number of aryl methyl sites for hydroxylation is 1. The van der Waals surface area contributed by atoms with Gasteiger partial charge in [-0.05, 0) is 43.4 Å². The molecule has 0 radical (unpaired) electrons. The Bertz CT molecular complexity index is 1280. The average molecular weight is 529 g/mol. The Balaban J connectivity index is 1.27. The quantitative estimate of drug-likeness (QED) is 0.279. The number of carbonyl (C=O) groups excluding carboxylic acids is 1. The molecule has 2 aromatic carbocycles. The van der Waals surface area contributed by atoms with Crippen molar-refractivity contribution < 1.29 is 9.53 Å². The van der Waals surface area contributed by atoms with Crippen LogP contribution in [0.3, 0.4) is 0 Å². The van der Waals surface area contributed by atoms with E-state index in [4.69, 9.17) is 14.7 Å². The van der Waals surface area contributed by atoms with Crippen LogP contribution in [-0.4, -0.2) is 46.4 Å². The molecule has 1 saturated carbocycles. The van der Waals surface area contributed by atoms with Crippen molar-refractivity contribution in [3.63, 3.8) is 0 Å². The van der Waals surface area contributed by atoms with Crippen molar-refractivity contribution in [2.45, 2.75) is 84.3 Å². The van der Waals surface area contributed by atoms with E-state index in [1.54, 1.807) is 0 Å². The van der Waals surface area contributed by atoms with Gasteiger partial charge in [-0.2, -0.15) is 0 Å². The Hall–Kier alpha value is -2.99. The molecule has 6 nitrogen and oxygen atoms in total. The van der Waals surface area contributed by atoms with E-state index in [2.05, 4.69) is 66.2 Å². The summed E-state index contributed by atoms with van der Waals surface area (Å²) in [6.07, 6.45) is 9.83. The van der Waals surface area contributed by atoms with Gasteiger partial charge < -0.3 is 14.2 Å². The molecule has 0 N–H and O–H groups in total. The van der Waals surface area contributed by atoms with Crippen molar-refractivity contribution >= 4 is 23.2 Å². The molecule has 2 fully saturated rings. The van der Waals surface area contributed by atoms with Crippen LogP contribution in [0.15, 0.2) is 59.6 Å². The Kier molecular flexibility index (Phi) is 8.22. The first kappa shape index (κ1) is 27.6. The fourth-order valence-electron chi connectivity index (χ4n) is 6.18. The topological polar surface area (TPSA) is 59.7 Å². The van der Waals surface area contributed by atoms with Gasteiger partial charge in [0.1, 0.15) is 12.6 Å². The van der Waals surface area contributed by atoms with Gasteiger partial charge in [0.05, 0.1) is 16.6 Å². The van der Waals surface area contributed by atoms with Gasteiger partial charge in [-0.15, -0.1) is 0 Å². The number of imidazole rings is 1. The highest BCUT2D eigenvalue weighted by atomic mass is 16.5. The predicted octanol–water partition coefficient (Wildman–Crippen LogP) is 7.08. The van der Waals surface area contributed by atoms with E-state index in [1.165, 1.54) is 36.8 Å². The maximum absolute atomic E-state index is 12.9. The fraction of sp³-hybridized carbons (Fsp3) is 0.545. The zero-order chi connectivity index (χ0) is 27.5. The lowest BCUT2D eigenvalue weighted by atomic mass is 9.80. The maximum Gasteiger partial charge on any atom is 0.229 e. The lowest BCUT2D eigenvalue weighted by molar-refractivity contribution is -0.174. The smallest absolute Gasteiger partial charge is 0.229 e. The van der Waals surface area contributed by atoms with E-state index in [0.29, 0.717) is 25.9 Å². The van der Waals surface area contributed by atoms with Crippen LogP contribution in [0.2, 0.25) is 0 Å². The van der Waals surface area contributed by atoms with Crippen molar-refractivity contribution in [2.24, 2.45) is 16.3 Å². The largest absolute Gasteiger partial charge is 0.350 e. The summed E-state index contributed by atoms with van der Waals surface area (Å²) >= 11 is 0. The fourth-order valence-corrected chi connectivity index (χ4v) is 6.18. The van der Waals surface area contributed by atoms with Gasteiger partial charge in [0.2, 0.25) is 5.91 Å². The van der Waals surface area contributed by atoms with E-state index in [-0.39, 0.29) is 5.91 Å². The molecule has 39 heavy (non-hydrogen) atoms. The molecule has 1 aliphatic carbocycles. The first-order valence-corrected chi connectivity index (χ1v) is 14.7. The van der Waals surface area contributed by atoms with Crippen LogP contribution in [0.1, 0.15) is 83.1 Å². The highest BCUT2D eigenvalue weighted by molar-refractivity contribution is 5.81. The molecular formula is C33H44N4O2. The van der Waals surface area contributed by atoms with E-state index < -0.39 is 11.0 Å². The third-order valence-electron chi connectivity index (χ3n) is 8.63. The number of aliphatic imine (C=N–C) groups is 1. The van der Waals surface area contributed by atoms with Gasteiger partial charge in [0.25, 0.3) is 0 Å². The van der Waals surface area contributed by atoms with Crippen molar-refractivity contribution in [2.75, 3.05) is 19.8 Å². The lowest BCUT2D eigenvalue weighted by Crippen LogP contribution is -2.50. The monoisotopic (exact) mass is 528 g/mol. The van der Waals surface area contributed by atoms with Gasteiger partial charge >= 0.3 is 0 Å². The van der Waals surface area contributed by atoms with Crippen LogP contribution >= 0.6 is 0 Å². The molecule has 5 rings (SSSR count). The van der Waals surface area contributed by atoms with Crippen LogP contribution in [0, 0.1) is 18.3 Å². The second-order valence-corrected chi connectivity index (χ2v) is 12.5. The van der Waals surface area contributed by atoms with Gasteiger partial charge in [-0.25, -0.2) is 4.98 Å². The molecule has 1 amide bonds. The molecule has 6 heteroatoms. The Morgan fingerprint density at radius 1 is 1.15 bits per heavy atom. The summed E-state index contributed by atoms with van der Waals surface area (Å²) in [4.78, 5) is 24.5. The number of benzene rings is 2. The Morgan fingerprint density at radius 3 is 2.56 bits per heavy atom. The summed E-state index contributed by atoms with van der Waals surface area (Å²) in [5, 5.41) is 0. The molecule has 2 unspecified atom stereocenters. The van der Waals surface area contributed by atoms with Crippen molar-refractivity contribution in [3.05, 3.63) is 66.0 Å². The highest BCUT2D eigenvalue weighted by Crippen LogP contribution is 2.38. The van der Waals surface area contributed by atoms with Crippen LogP contribution in [0.4, 0.5) is 0 Å². The minimum absolute atomic E-state index is 0.141. The van der Waals surface area contributed by atoms with Gasteiger partial charge in [-0.1, -0.05) is 82.5 Å². The highest BCUT2D eigenvalue weighted by Gasteiger charge is 2.40. The molecule has 0 bridgehead atoms. The summed E-state index contributed by atoms with van der Waals surface area (Å²) in [6.45, 7) is 9.75. The first-order chi connectivity index (χ1) is 18.8. The van der Waals surface area contributed by atoms with Crippen LogP contribution < -0.4 is 0 Å². The number of hydrogen-bond acceptors (Lipinski definition) is 4. The Labute approximate surface area is 233 Å². The summed E-state index contributed by atoms with van der Waals surface area (Å²) in [6, 6.07) is 19.3. The summed E-state index contributed by atoms with van der Waals surface area (Å²) in [5.41, 5.74) is 2.64. The third-order valence-corrected chi connectivity index (χ3v) is 8.63. The number of aromatic nitrogens is 2. The molecule has 2 atom stereocenters. The number of para-hydroxylation sites is 2. The minimum Gasteiger partial charge on any atom is -0.350 e. The van der Waals surface area contributed by atoms with Crippen molar-refractivity contribution in [1.29, 1.82) is 0 Å². The molecule has 1 saturated heterocycles. The number of fused-ring (bicyclic) bond motifs is 1. The Morgan fingerprint density at radius 2 is 1.90 bits per heavy atom. The molecule has 2 heterocycles. The SMILES string of the molecule is Cc1nc2ccccc2n1C(CC=NCCC1(c2ccccc2)CCN(C(=O)C(C)(C)C)CO1)CC1CCC1. The first-order valence-electron chi connectivity index (χ1n) is 14.7. The van der Waals surface area contributed by atoms with Gasteiger partial charge in [0, 0.05) is 43.6 Å². The maximum atomic E-state index is 12.9. The summed E-state index contributed by atoms with van der Waals surface area (Å²) in [5.74, 6) is 2.03. The van der Waals surface area contributed by atoms with Gasteiger partial charge in [-0.3, -0.25) is 9.79 Å².